The standard InChI is InChI=1S/C19H19ClN4OS2/c1-19(2)9-21-18(22-10-19)27-8-14-23-16(25)15-13(7-26-17(15)24-14)11-3-5-12(20)6-4-11/h3-7H,8-10H2,1-2H3,(H,21,22)(H,23,24,25). The molecule has 5 nitrogen and oxygen atoms in total. The molecule has 0 fully saturated rings. The quantitative estimate of drug-likeness (QED) is 0.655. The molecule has 0 aliphatic carbocycles. The summed E-state index contributed by atoms with van der Waals surface area (Å²) >= 11 is 9.02. The summed E-state index contributed by atoms with van der Waals surface area (Å²) in [7, 11) is 0. The van der Waals surface area contributed by atoms with Crippen LogP contribution in [0.1, 0.15) is 19.7 Å². The molecule has 8 heteroatoms. The van der Waals surface area contributed by atoms with Gasteiger partial charge in [-0.2, -0.15) is 0 Å². The minimum atomic E-state index is -0.110. The Kier molecular flexibility index (Phi) is 5.01. The van der Waals surface area contributed by atoms with E-state index >= 15 is 0 Å². The number of aromatic amines is 1. The minimum Gasteiger partial charge on any atom is -0.364 e. The van der Waals surface area contributed by atoms with E-state index in [-0.39, 0.29) is 11.0 Å². The fourth-order valence-electron chi connectivity index (χ4n) is 2.85. The fraction of sp³-hybridized carbons (Fsp3) is 0.316. The number of nitrogens with one attached hydrogen (secondary N) is 2. The van der Waals surface area contributed by atoms with Gasteiger partial charge < -0.3 is 10.3 Å². The monoisotopic (exact) mass is 418 g/mol. The second-order valence-electron chi connectivity index (χ2n) is 7.28. The fourth-order valence-corrected chi connectivity index (χ4v) is 4.68. The molecule has 0 bridgehead atoms. The molecule has 0 unspecified atom stereocenters. The second kappa shape index (κ2) is 7.30. The summed E-state index contributed by atoms with van der Waals surface area (Å²) in [5.74, 6) is 1.24. The Hall–Kier alpha value is -1.83. The third-order valence-corrected chi connectivity index (χ3v) is 6.45. The smallest absolute Gasteiger partial charge is 0.260 e. The first-order chi connectivity index (χ1) is 12.9. The molecular weight excluding hydrogens is 400 g/mol. The lowest BCUT2D eigenvalue weighted by Gasteiger charge is -2.28. The predicted molar refractivity (Wildman–Crippen MR) is 116 cm³/mol. The number of nitrogens with zero attached hydrogens (tertiary/aromatic N) is 2. The third-order valence-electron chi connectivity index (χ3n) is 4.36. The molecule has 3 aromatic rings. The highest BCUT2D eigenvalue weighted by atomic mass is 35.5. The van der Waals surface area contributed by atoms with Crippen molar-refractivity contribution in [2.45, 2.75) is 19.6 Å². The van der Waals surface area contributed by atoms with Crippen molar-refractivity contribution in [1.29, 1.82) is 0 Å². The minimum absolute atomic E-state index is 0.110. The zero-order chi connectivity index (χ0) is 19.0. The summed E-state index contributed by atoms with van der Waals surface area (Å²) in [5, 5.41) is 7.53. The number of benzene rings is 1. The van der Waals surface area contributed by atoms with Crippen LogP contribution in [0.5, 0.6) is 0 Å². The van der Waals surface area contributed by atoms with Gasteiger partial charge in [0.05, 0.1) is 11.1 Å². The Morgan fingerprint density at radius 3 is 2.78 bits per heavy atom. The average Bonchev–Trinajstić information content (AvgIpc) is 3.06. The van der Waals surface area contributed by atoms with Crippen molar-refractivity contribution in [2.75, 3.05) is 13.1 Å². The first kappa shape index (κ1) is 18.5. The van der Waals surface area contributed by atoms with Gasteiger partial charge in [0, 0.05) is 34.5 Å². The lowest BCUT2D eigenvalue weighted by molar-refractivity contribution is 0.364. The number of halogens is 1. The highest BCUT2D eigenvalue weighted by molar-refractivity contribution is 8.13. The predicted octanol–water partition coefficient (Wildman–Crippen LogP) is 4.52. The van der Waals surface area contributed by atoms with Crippen molar-refractivity contribution in [2.24, 2.45) is 10.4 Å². The van der Waals surface area contributed by atoms with Crippen molar-refractivity contribution in [3.63, 3.8) is 0 Å². The molecule has 0 saturated heterocycles. The van der Waals surface area contributed by atoms with Crippen molar-refractivity contribution in [3.8, 4) is 11.1 Å². The molecule has 0 spiro atoms. The Morgan fingerprint density at radius 1 is 1.30 bits per heavy atom. The molecule has 27 heavy (non-hydrogen) atoms. The summed E-state index contributed by atoms with van der Waals surface area (Å²) in [5.41, 5.74) is 1.93. The molecule has 0 amide bonds. The Morgan fingerprint density at radius 2 is 2.07 bits per heavy atom. The zero-order valence-corrected chi connectivity index (χ0v) is 17.4. The SMILES string of the molecule is CC1(C)CN=C(SCc2nc3scc(-c4ccc(Cl)cc4)c3c(=O)[nH]2)NC1. The number of aliphatic imine (C=N–C) groups is 1. The van der Waals surface area contributed by atoms with E-state index in [2.05, 4.69) is 34.1 Å². The largest absolute Gasteiger partial charge is 0.364 e. The summed E-state index contributed by atoms with van der Waals surface area (Å²) in [6, 6.07) is 7.49. The van der Waals surface area contributed by atoms with Crippen LogP contribution in [0.25, 0.3) is 21.3 Å². The van der Waals surface area contributed by atoms with E-state index in [1.54, 1.807) is 11.8 Å². The van der Waals surface area contributed by atoms with Gasteiger partial charge in [0.25, 0.3) is 5.56 Å². The molecule has 0 saturated carbocycles. The maximum absolute atomic E-state index is 12.7. The van der Waals surface area contributed by atoms with E-state index < -0.39 is 0 Å². The van der Waals surface area contributed by atoms with E-state index in [0.717, 1.165) is 34.2 Å². The number of aromatic nitrogens is 2. The van der Waals surface area contributed by atoms with E-state index in [9.17, 15) is 4.79 Å². The van der Waals surface area contributed by atoms with Gasteiger partial charge in [-0.25, -0.2) is 4.98 Å². The van der Waals surface area contributed by atoms with Crippen LogP contribution in [-0.2, 0) is 5.75 Å². The lowest BCUT2D eigenvalue weighted by Crippen LogP contribution is -2.39. The number of thiophene rings is 1. The van der Waals surface area contributed by atoms with Gasteiger partial charge in [-0.3, -0.25) is 9.79 Å². The number of fused-ring (bicyclic) bond motifs is 1. The van der Waals surface area contributed by atoms with Crippen LogP contribution in [0, 0.1) is 5.41 Å². The van der Waals surface area contributed by atoms with Crippen LogP contribution in [0.15, 0.2) is 39.4 Å². The lowest BCUT2D eigenvalue weighted by atomic mass is 9.93. The molecule has 2 aromatic heterocycles. The molecule has 0 radical (unpaired) electrons. The highest BCUT2D eigenvalue weighted by Gasteiger charge is 2.22. The van der Waals surface area contributed by atoms with Crippen molar-refractivity contribution in [3.05, 3.63) is 50.8 Å². The summed E-state index contributed by atoms with van der Waals surface area (Å²) in [6.07, 6.45) is 0. The van der Waals surface area contributed by atoms with Gasteiger partial charge in [0.2, 0.25) is 0 Å². The molecular formula is C19H19ClN4OS2. The molecule has 1 aliphatic heterocycles. The molecule has 0 atom stereocenters. The van der Waals surface area contributed by atoms with Gasteiger partial charge >= 0.3 is 0 Å². The Bertz CT molecular complexity index is 1070. The maximum Gasteiger partial charge on any atom is 0.260 e. The average molecular weight is 419 g/mol. The zero-order valence-electron chi connectivity index (χ0n) is 15.0. The van der Waals surface area contributed by atoms with E-state index in [1.165, 1.54) is 11.3 Å². The van der Waals surface area contributed by atoms with Crippen LogP contribution in [-0.4, -0.2) is 28.2 Å². The van der Waals surface area contributed by atoms with Crippen LogP contribution in [0.2, 0.25) is 5.02 Å². The van der Waals surface area contributed by atoms with Gasteiger partial charge in [0.15, 0.2) is 5.17 Å². The highest BCUT2D eigenvalue weighted by Crippen LogP contribution is 2.31. The summed E-state index contributed by atoms with van der Waals surface area (Å²) < 4.78 is 0. The molecule has 1 aliphatic rings. The third kappa shape index (κ3) is 4.05. The van der Waals surface area contributed by atoms with Crippen LogP contribution in [0.4, 0.5) is 0 Å². The van der Waals surface area contributed by atoms with Crippen LogP contribution < -0.4 is 10.9 Å². The van der Waals surface area contributed by atoms with Gasteiger partial charge in [-0.1, -0.05) is 49.3 Å². The molecule has 3 heterocycles. The summed E-state index contributed by atoms with van der Waals surface area (Å²) in [4.78, 5) is 25.6. The maximum atomic E-state index is 12.7. The van der Waals surface area contributed by atoms with E-state index in [1.807, 2.05) is 29.6 Å². The second-order valence-corrected chi connectivity index (χ2v) is 9.54. The summed E-state index contributed by atoms with van der Waals surface area (Å²) in [6.45, 7) is 6.08. The number of hydrogen-bond donors (Lipinski definition) is 2. The molecule has 2 N–H and O–H groups in total. The Labute approximate surface area is 170 Å². The topological polar surface area (TPSA) is 70.1 Å². The van der Waals surface area contributed by atoms with Crippen LogP contribution in [0.3, 0.4) is 0 Å². The number of thioether (sulfide) groups is 1. The number of amidine groups is 1. The number of H-pyrrole nitrogens is 1. The van der Waals surface area contributed by atoms with Crippen molar-refractivity contribution < 1.29 is 0 Å². The van der Waals surface area contributed by atoms with Gasteiger partial charge in [-0.15, -0.1) is 11.3 Å². The van der Waals surface area contributed by atoms with E-state index in [4.69, 9.17) is 11.6 Å². The number of rotatable bonds is 3. The van der Waals surface area contributed by atoms with Gasteiger partial charge in [0.1, 0.15) is 10.7 Å². The van der Waals surface area contributed by atoms with Gasteiger partial charge in [-0.05, 0) is 17.7 Å². The molecule has 4 rings (SSSR count). The Balaban J connectivity index is 1.57. The van der Waals surface area contributed by atoms with Crippen molar-refractivity contribution in [1.82, 2.24) is 15.3 Å². The van der Waals surface area contributed by atoms with Crippen molar-refractivity contribution >= 4 is 50.1 Å². The molecule has 1 aromatic carbocycles. The number of hydrogen-bond acceptors (Lipinski definition) is 6. The van der Waals surface area contributed by atoms with E-state index in [0.29, 0.717) is 22.0 Å². The normalized spacial score (nSPS) is 16.2. The van der Waals surface area contributed by atoms with Crippen LogP contribution >= 0.6 is 34.7 Å². The first-order valence-electron chi connectivity index (χ1n) is 8.59. The molecule has 140 valence electrons. The first-order valence-corrected chi connectivity index (χ1v) is 10.8.